The molecule has 1 N–H and O–H groups in total. The normalized spacial score (nSPS) is 19.8. The van der Waals surface area contributed by atoms with Crippen molar-refractivity contribution in [3.63, 3.8) is 0 Å². The molecule has 0 bridgehead atoms. The summed E-state index contributed by atoms with van der Waals surface area (Å²) in [4.78, 5) is 31.3. The Balaban J connectivity index is 1.55. The molecule has 132 valence electrons. The van der Waals surface area contributed by atoms with Gasteiger partial charge in [0.2, 0.25) is 11.7 Å². The fraction of sp³-hybridized carbons (Fsp3) is 0.222. The number of nitrogens with zero attached hydrogens (tertiary/aromatic N) is 3. The van der Waals surface area contributed by atoms with Gasteiger partial charge in [-0.2, -0.15) is 4.98 Å². The van der Waals surface area contributed by atoms with E-state index in [2.05, 4.69) is 15.5 Å². The van der Waals surface area contributed by atoms with Crippen molar-refractivity contribution in [2.75, 3.05) is 0 Å². The number of carbonyl (C=O) groups is 2. The topological polar surface area (TPSA) is 88.3 Å². The van der Waals surface area contributed by atoms with Crippen molar-refractivity contribution in [2.45, 2.75) is 25.9 Å². The molecule has 3 heterocycles. The minimum Gasteiger partial charge on any atom is -0.337 e. The first kappa shape index (κ1) is 16.5. The van der Waals surface area contributed by atoms with Crippen LogP contribution in [0, 0.1) is 6.92 Å². The first-order valence-corrected chi connectivity index (χ1v) is 8.93. The van der Waals surface area contributed by atoms with Crippen molar-refractivity contribution >= 4 is 23.3 Å². The number of hydrogen-bond acceptors (Lipinski definition) is 6. The Bertz CT molecular complexity index is 965. The van der Waals surface area contributed by atoms with Crippen LogP contribution in [0.2, 0.25) is 0 Å². The fourth-order valence-corrected chi connectivity index (χ4v) is 3.68. The summed E-state index contributed by atoms with van der Waals surface area (Å²) >= 11 is 1.42. The van der Waals surface area contributed by atoms with Crippen LogP contribution in [-0.2, 0) is 16.9 Å². The number of imide groups is 1. The Labute approximate surface area is 153 Å². The van der Waals surface area contributed by atoms with Crippen LogP contribution in [-0.4, -0.2) is 27.0 Å². The van der Waals surface area contributed by atoms with Crippen LogP contribution in [0.5, 0.6) is 0 Å². The van der Waals surface area contributed by atoms with Crippen LogP contribution in [0.4, 0.5) is 4.79 Å². The summed E-state index contributed by atoms with van der Waals surface area (Å²) in [6.07, 6.45) is 0. The maximum absolute atomic E-state index is 12.8. The van der Waals surface area contributed by atoms with E-state index in [1.165, 1.54) is 11.3 Å². The van der Waals surface area contributed by atoms with E-state index in [0.29, 0.717) is 5.82 Å². The van der Waals surface area contributed by atoms with E-state index in [0.717, 1.165) is 20.9 Å². The van der Waals surface area contributed by atoms with Gasteiger partial charge in [0.25, 0.3) is 5.91 Å². The molecule has 1 unspecified atom stereocenters. The lowest BCUT2D eigenvalue weighted by molar-refractivity contribution is -0.131. The lowest BCUT2D eigenvalue weighted by Crippen LogP contribution is -2.40. The first-order chi connectivity index (χ1) is 12.5. The second-order valence-electron chi connectivity index (χ2n) is 6.30. The van der Waals surface area contributed by atoms with Crippen molar-refractivity contribution in [1.29, 1.82) is 0 Å². The Hall–Kier alpha value is -3.00. The highest BCUT2D eigenvalue weighted by Gasteiger charge is 2.50. The molecule has 0 aliphatic carbocycles. The van der Waals surface area contributed by atoms with Crippen molar-refractivity contribution in [2.24, 2.45) is 0 Å². The Morgan fingerprint density at radius 3 is 2.69 bits per heavy atom. The van der Waals surface area contributed by atoms with Gasteiger partial charge in [-0.15, -0.1) is 11.3 Å². The summed E-state index contributed by atoms with van der Waals surface area (Å²) in [7, 11) is 0. The molecule has 1 aromatic carbocycles. The summed E-state index contributed by atoms with van der Waals surface area (Å²) in [6, 6.07) is 10.9. The molecule has 1 atom stereocenters. The molecule has 7 nitrogen and oxygen atoms in total. The smallest absolute Gasteiger partial charge is 0.325 e. The number of amides is 3. The number of benzene rings is 1. The van der Waals surface area contributed by atoms with Crippen molar-refractivity contribution in [1.82, 2.24) is 20.4 Å². The second-order valence-corrected chi connectivity index (χ2v) is 7.25. The van der Waals surface area contributed by atoms with Crippen molar-refractivity contribution in [3.8, 4) is 11.4 Å². The van der Waals surface area contributed by atoms with Crippen LogP contribution in [0.25, 0.3) is 11.4 Å². The molecule has 8 heteroatoms. The van der Waals surface area contributed by atoms with Gasteiger partial charge < -0.3 is 9.84 Å². The molecule has 1 saturated heterocycles. The standard InChI is InChI=1S/C18H16N4O3S/c1-11-5-7-12(8-6-11)15-19-14(25-21-15)10-22-16(23)18(2,20-17(22)24)13-4-3-9-26-13/h3-9H,10H2,1-2H3,(H,20,24). The number of rotatable bonds is 4. The fourth-order valence-electron chi connectivity index (χ4n) is 2.84. The molecular weight excluding hydrogens is 352 g/mol. The molecule has 0 radical (unpaired) electrons. The number of thiophene rings is 1. The summed E-state index contributed by atoms with van der Waals surface area (Å²) in [5, 5.41) is 8.57. The lowest BCUT2D eigenvalue weighted by Gasteiger charge is -2.19. The van der Waals surface area contributed by atoms with Gasteiger partial charge in [-0.1, -0.05) is 41.1 Å². The van der Waals surface area contributed by atoms with Gasteiger partial charge in [0.1, 0.15) is 6.54 Å². The summed E-state index contributed by atoms with van der Waals surface area (Å²) < 4.78 is 5.23. The van der Waals surface area contributed by atoms with E-state index in [1.54, 1.807) is 6.92 Å². The number of carbonyl (C=O) groups excluding carboxylic acids is 2. The van der Waals surface area contributed by atoms with Crippen LogP contribution in [0.15, 0.2) is 46.3 Å². The molecule has 2 aromatic heterocycles. The second kappa shape index (κ2) is 6.06. The molecular formula is C18H16N4O3S. The van der Waals surface area contributed by atoms with Gasteiger partial charge in [0, 0.05) is 10.4 Å². The van der Waals surface area contributed by atoms with Crippen LogP contribution in [0.1, 0.15) is 23.3 Å². The predicted molar refractivity (Wildman–Crippen MR) is 95.2 cm³/mol. The van der Waals surface area contributed by atoms with Crippen molar-refractivity contribution < 1.29 is 14.1 Å². The molecule has 1 aliphatic rings. The van der Waals surface area contributed by atoms with Gasteiger partial charge in [-0.25, -0.2) is 4.79 Å². The number of aryl methyl sites for hydroxylation is 1. The first-order valence-electron chi connectivity index (χ1n) is 8.05. The van der Waals surface area contributed by atoms with Gasteiger partial charge in [-0.05, 0) is 25.3 Å². The highest BCUT2D eigenvalue weighted by atomic mass is 32.1. The molecule has 3 amide bonds. The third kappa shape index (κ3) is 2.68. The third-order valence-electron chi connectivity index (χ3n) is 4.36. The molecule has 3 aromatic rings. The van der Waals surface area contributed by atoms with E-state index in [-0.39, 0.29) is 18.3 Å². The Morgan fingerprint density at radius 1 is 1.23 bits per heavy atom. The zero-order valence-electron chi connectivity index (χ0n) is 14.2. The summed E-state index contributed by atoms with van der Waals surface area (Å²) in [5.41, 5.74) is 0.876. The quantitative estimate of drug-likeness (QED) is 0.715. The average Bonchev–Trinajstić information content (AvgIpc) is 3.34. The zero-order chi connectivity index (χ0) is 18.3. The van der Waals surface area contributed by atoms with Gasteiger partial charge in [0.05, 0.1) is 0 Å². The lowest BCUT2D eigenvalue weighted by atomic mass is 10.0. The van der Waals surface area contributed by atoms with Crippen molar-refractivity contribution in [3.05, 3.63) is 58.1 Å². The number of urea groups is 1. The Morgan fingerprint density at radius 2 is 2.00 bits per heavy atom. The molecule has 0 saturated carbocycles. The van der Waals surface area contributed by atoms with Gasteiger partial charge in [0.15, 0.2) is 5.54 Å². The highest BCUT2D eigenvalue weighted by Crippen LogP contribution is 2.32. The average molecular weight is 368 g/mol. The van der Waals surface area contributed by atoms with Crippen LogP contribution >= 0.6 is 11.3 Å². The van der Waals surface area contributed by atoms with E-state index < -0.39 is 11.6 Å². The molecule has 1 fully saturated rings. The number of nitrogens with one attached hydrogen (secondary N) is 1. The molecule has 0 spiro atoms. The highest BCUT2D eigenvalue weighted by molar-refractivity contribution is 7.10. The Kier molecular flexibility index (Phi) is 3.84. The maximum atomic E-state index is 12.8. The van der Waals surface area contributed by atoms with Crippen LogP contribution < -0.4 is 5.32 Å². The van der Waals surface area contributed by atoms with E-state index in [1.807, 2.05) is 48.7 Å². The SMILES string of the molecule is Cc1ccc(-c2noc(CN3C(=O)NC(C)(c4cccs4)C3=O)n2)cc1. The third-order valence-corrected chi connectivity index (χ3v) is 5.45. The number of aromatic nitrogens is 2. The van der Waals surface area contributed by atoms with E-state index >= 15 is 0 Å². The molecule has 4 rings (SSSR count). The minimum absolute atomic E-state index is 0.0650. The van der Waals surface area contributed by atoms with E-state index in [9.17, 15) is 9.59 Å². The largest absolute Gasteiger partial charge is 0.337 e. The summed E-state index contributed by atoms with van der Waals surface area (Å²) in [6.45, 7) is 3.63. The monoisotopic (exact) mass is 368 g/mol. The van der Waals surface area contributed by atoms with E-state index in [4.69, 9.17) is 4.52 Å². The number of hydrogen-bond donors (Lipinski definition) is 1. The van der Waals surface area contributed by atoms with Gasteiger partial charge in [-0.3, -0.25) is 9.69 Å². The predicted octanol–water partition coefficient (Wildman–Crippen LogP) is 3.07. The zero-order valence-corrected chi connectivity index (χ0v) is 15.0. The maximum Gasteiger partial charge on any atom is 0.325 e. The summed E-state index contributed by atoms with van der Waals surface area (Å²) in [5.74, 6) is 0.299. The molecule has 26 heavy (non-hydrogen) atoms. The minimum atomic E-state index is -1.06. The van der Waals surface area contributed by atoms with Gasteiger partial charge >= 0.3 is 6.03 Å². The van der Waals surface area contributed by atoms with Crippen LogP contribution in [0.3, 0.4) is 0 Å². The molecule has 1 aliphatic heterocycles.